The fourth-order valence-corrected chi connectivity index (χ4v) is 2.71. The van der Waals surface area contributed by atoms with Crippen LogP contribution in [-0.2, 0) is 11.2 Å². The molecule has 0 radical (unpaired) electrons. The highest BCUT2D eigenvalue weighted by atomic mass is 16.4. The highest BCUT2D eigenvalue weighted by Gasteiger charge is 2.25. The van der Waals surface area contributed by atoms with Crippen molar-refractivity contribution in [1.29, 1.82) is 0 Å². The van der Waals surface area contributed by atoms with Gasteiger partial charge in [-0.15, -0.1) is 0 Å². The minimum Gasteiger partial charge on any atom is -0.481 e. The van der Waals surface area contributed by atoms with Crippen molar-refractivity contribution in [3.05, 3.63) is 30.4 Å². The smallest absolute Gasteiger partial charge is 0.306 e. The number of aliphatic carboxylic acids is 1. The molecule has 3 heterocycles. The van der Waals surface area contributed by atoms with Crippen molar-refractivity contribution in [2.45, 2.75) is 26.2 Å². The van der Waals surface area contributed by atoms with Gasteiger partial charge < -0.3 is 10.0 Å². The van der Waals surface area contributed by atoms with Crippen molar-refractivity contribution in [3.8, 4) is 11.5 Å². The molecule has 1 aliphatic heterocycles. The van der Waals surface area contributed by atoms with E-state index in [1.807, 2.05) is 13.0 Å². The lowest BCUT2D eigenvalue weighted by molar-refractivity contribution is -0.142. The van der Waals surface area contributed by atoms with E-state index < -0.39 is 5.97 Å². The highest BCUT2D eigenvalue weighted by molar-refractivity contribution is 5.70. The lowest BCUT2D eigenvalue weighted by atomic mass is 9.97. The number of anilines is 1. The second-order valence-corrected chi connectivity index (χ2v) is 5.58. The Kier molecular flexibility index (Phi) is 4.45. The van der Waals surface area contributed by atoms with Gasteiger partial charge in [0.1, 0.15) is 11.5 Å². The van der Waals surface area contributed by atoms with Crippen molar-refractivity contribution < 1.29 is 9.90 Å². The van der Waals surface area contributed by atoms with Gasteiger partial charge in [0.15, 0.2) is 5.82 Å². The number of piperidine rings is 1. The maximum absolute atomic E-state index is 11.1. The molecule has 0 bridgehead atoms. The molecule has 0 spiro atoms. The minimum absolute atomic E-state index is 0.252. The SMILES string of the molecule is CCc1cc(N2CCC(C(=O)O)CC2)nc(-c2cnccn2)n1. The Labute approximate surface area is 134 Å². The van der Waals surface area contributed by atoms with E-state index in [1.165, 1.54) is 0 Å². The summed E-state index contributed by atoms with van der Waals surface area (Å²) in [6, 6.07) is 1.97. The molecule has 1 aliphatic rings. The molecule has 7 nitrogen and oxygen atoms in total. The Balaban J connectivity index is 1.87. The van der Waals surface area contributed by atoms with Crippen LogP contribution in [0.5, 0.6) is 0 Å². The van der Waals surface area contributed by atoms with Gasteiger partial charge in [-0.2, -0.15) is 0 Å². The zero-order valence-electron chi connectivity index (χ0n) is 13.0. The fraction of sp³-hybridized carbons (Fsp3) is 0.438. The van der Waals surface area contributed by atoms with Crippen molar-refractivity contribution >= 4 is 11.8 Å². The van der Waals surface area contributed by atoms with E-state index in [9.17, 15) is 4.79 Å². The van der Waals surface area contributed by atoms with Crippen LogP contribution in [0.25, 0.3) is 11.5 Å². The maximum atomic E-state index is 11.1. The Hall–Kier alpha value is -2.57. The first-order chi connectivity index (χ1) is 11.2. The van der Waals surface area contributed by atoms with E-state index in [0.29, 0.717) is 37.4 Å². The van der Waals surface area contributed by atoms with Crippen molar-refractivity contribution in [1.82, 2.24) is 19.9 Å². The quantitative estimate of drug-likeness (QED) is 0.920. The molecule has 2 aromatic heterocycles. The van der Waals surface area contributed by atoms with Crippen LogP contribution < -0.4 is 4.90 Å². The summed E-state index contributed by atoms with van der Waals surface area (Å²) in [4.78, 5) is 30.7. The van der Waals surface area contributed by atoms with E-state index >= 15 is 0 Å². The van der Waals surface area contributed by atoms with Crippen LogP contribution in [0.3, 0.4) is 0 Å². The van der Waals surface area contributed by atoms with Gasteiger partial charge in [0.05, 0.1) is 12.1 Å². The first-order valence-electron chi connectivity index (χ1n) is 7.79. The number of nitrogens with zero attached hydrogens (tertiary/aromatic N) is 5. The molecule has 0 saturated carbocycles. The van der Waals surface area contributed by atoms with Crippen LogP contribution in [0.2, 0.25) is 0 Å². The molecule has 3 rings (SSSR count). The standard InChI is InChI=1S/C16H19N5O2/c1-2-12-9-14(21-7-3-11(4-8-21)16(22)23)20-15(19-12)13-10-17-5-6-18-13/h5-6,9-11H,2-4,7-8H2,1H3,(H,22,23). The van der Waals surface area contributed by atoms with Crippen LogP contribution in [-0.4, -0.2) is 44.1 Å². The minimum atomic E-state index is -0.707. The molecule has 1 fully saturated rings. The second kappa shape index (κ2) is 6.68. The Morgan fingerprint density at radius 1 is 1.30 bits per heavy atom. The number of hydrogen-bond donors (Lipinski definition) is 1. The first kappa shape index (κ1) is 15.3. The topological polar surface area (TPSA) is 92.1 Å². The van der Waals surface area contributed by atoms with Crippen molar-refractivity contribution in [2.24, 2.45) is 5.92 Å². The van der Waals surface area contributed by atoms with E-state index in [4.69, 9.17) is 5.11 Å². The maximum Gasteiger partial charge on any atom is 0.306 e. The molecular weight excluding hydrogens is 294 g/mol. The van der Waals surface area contributed by atoms with E-state index in [-0.39, 0.29) is 5.92 Å². The first-order valence-corrected chi connectivity index (χ1v) is 7.79. The summed E-state index contributed by atoms with van der Waals surface area (Å²) < 4.78 is 0. The van der Waals surface area contributed by atoms with Crippen LogP contribution >= 0.6 is 0 Å². The Bertz CT molecular complexity index is 684. The number of carboxylic acids is 1. The van der Waals surface area contributed by atoms with E-state index in [1.54, 1.807) is 18.6 Å². The molecule has 0 amide bonds. The van der Waals surface area contributed by atoms with Crippen LogP contribution in [0.15, 0.2) is 24.7 Å². The van der Waals surface area contributed by atoms with Crippen LogP contribution in [0.1, 0.15) is 25.5 Å². The Morgan fingerprint density at radius 3 is 2.70 bits per heavy atom. The largest absolute Gasteiger partial charge is 0.481 e. The summed E-state index contributed by atoms with van der Waals surface area (Å²) in [5.41, 5.74) is 1.58. The summed E-state index contributed by atoms with van der Waals surface area (Å²) in [6.45, 7) is 3.43. The predicted octanol–water partition coefficient (Wildman–Crippen LogP) is 1.80. The second-order valence-electron chi connectivity index (χ2n) is 5.58. The Morgan fingerprint density at radius 2 is 2.09 bits per heavy atom. The zero-order chi connectivity index (χ0) is 16.2. The molecule has 120 valence electrons. The number of carboxylic acid groups (broad SMARTS) is 1. The third kappa shape index (κ3) is 3.44. The average Bonchev–Trinajstić information content (AvgIpc) is 2.62. The molecule has 0 aromatic carbocycles. The molecule has 1 N–H and O–H groups in total. The number of aryl methyl sites for hydroxylation is 1. The van der Waals surface area contributed by atoms with Gasteiger partial charge in [0.25, 0.3) is 0 Å². The van der Waals surface area contributed by atoms with Crippen LogP contribution in [0.4, 0.5) is 5.82 Å². The molecule has 1 saturated heterocycles. The molecule has 23 heavy (non-hydrogen) atoms. The number of rotatable bonds is 4. The average molecular weight is 313 g/mol. The zero-order valence-corrected chi connectivity index (χ0v) is 13.0. The lowest BCUT2D eigenvalue weighted by Crippen LogP contribution is -2.37. The summed E-state index contributed by atoms with van der Waals surface area (Å²) >= 11 is 0. The molecule has 7 heteroatoms. The van der Waals surface area contributed by atoms with Gasteiger partial charge in [-0.3, -0.25) is 9.78 Å². The third-order valence-electron chi connectivity index (χ3n) is 4.09. The summed E-state index contributed by atoms with van der Waals surface area (Å²) in [7, 11) is 0. The summed E-state index contributed by atoms with van der Waals surface area (Å²) in [5.74, 6) is 0.439. The highest BCUT2D eigenvalue weighted by Crippen LogP contribution is 2.24. The molecular formula is C16H19N5O2. The molecule has 0 aliphatic carbocycles. The number of aromatic nitrogens is 4. The van der Waals surface area contributed by atoms with Crippen LogP contribution in [0, 0.1) is 5.92 Å². The summed E-state index contributed by atoms with van der Waals surface area (Å²) in [5, 5.41) is 9.11. The van der Waals surface area contributed by atoms with Gasteiger partial charge in [0, 0.05) is 37.2 Å². The molecule has 0 unspecified atom stereocenters. The fourth-order valence-electron chi connectivity index (χ4n) is 2.71. The van der Waals surface area contributed by atoms with E-state index in [2.05, 4.69) is 24.8 Å². The summed E-state index contributed by atoms with van der Waals surface area (Å²) in [6.07, 6.45) is 6.96. The van der Waals surface area contributed by atoms with Gasteiger partial charge in [0.2, 0.25) is 0 Å². The number of carbonyl (C=O) groups is 1. The normalized spacial score (nSPS) is 15.6. The van der Waals surface area contributed by atoms with E-state index in [0.717, 1.165) is 17.9 Å². The van der Waals surface area contributed by atoms with Gasteiger partial charge in [-0.05, 0) is 19.3 Å². The predicted molar refractivity (Wildman–Crippen MR) is 85.0 cm³/mol. The van der Waals surface area contributed by atoms with Gasteiger partial charge in [-0.1, -0.05) is 6.92 Å². The van der Waals surface area contributed by atoms with Gasteiger partial charge in [-0.25, -0.2) is 15.0 Å². The third-order valence-corrected chi connectivity index (χ3v) is 4.09. The van der Waals surface area contributed by atoms with Crippen molar-refractivity contribution in [2.75, 3.05) is 18.0 Å². The molecule has 0 atom stereocenters. The van der Waals surface area contributed by atoms with Crippen molar-refractivity contribution in [3.63, 3.8) is 0 Å². The molecule has 2 aromatic rings. The number of hydrogen-bond acceptors (Lipinski definition) is 6. The lowest BCUT2D eigenvalue weighted by Gasteiger charge is -2.31. The van der Waals surface area contributed by atoms with Gasteiger partial charge >= 0.3 is 5.97 Å². The monoisotopic (exact) mass is 313 g/mol.